The van der Waals surface area contributed by atoms with Gasteiger partial charge in [-0.25, -0.2) is 32.5 Å². The van der Waals surface area contributed by atoms with Crippen molar-refractivity contribution in [2.45, 2.75) is 25.2 Å². The zero-order valence-electron chi connectivity index (χ0n) is 14.1. The van der Waals surface area contributed by atoms with Gasteiger partial charge in [-0.3, -0.25) is 4.57 Å². The van der Waals surface area contributed by atoms with Crippen molar-refractivity contribution in [3.05, 3.63) is 47.8 Å². The zero-order valence-corrected chi connectivity index (χ0v) is 14.1. The number of hydrogen-bond acceptors (Lipinski definition) is 5. The maximum atomic E-state index is 14.5. The van der Waals surface area contributed by atoms with E-state index < -0.39 is 29.7 Å². The summed E-state index contributed by atoms with van der Waals surface area (Å²) in [4.78, 5) is 13.8. The average Bonchev–Trinajstić information content (AvgIpc) is 2.97. The molecule has 3 aromatic rings. The van der Waals surface area contributed by atoms with Gasteiger partial charge in [0.1, 0.15) is 23.3 Å². The number of aromatic nitrogens is 4. The number of alkyl halides is 1. The van der Waals surface area contributed by atoms with Crippen LogP contribution in [0.5, 0.6) is 0 Å². The van der Waals surface area contributed by atoms with E-state index in [0.29, 0.717) is 12.5 Å². The SMILES string of the molecule is NC1CN(c2nc3cc(F)cc(F)c3n2Cc2ncc(F)cn2)CCC1F. The fourth-order valence-electron chi connectivity index (χ4n) is 3.26. The van der Waals surface area contributed by atoms with Crippen LogP contribution in [0.1, 0.15) is 12.2 Å². The van der Waals surface area contributed by atoms with Gasteiger partial charge in [0.25, 0.3) is 0 Å². The molecule has 0 bridgehead atoms. The molecular formula is C17H16F4N6. The zero-order chi connectivity index (χ0) is 19.1. The van der Waals surface area contributed by atoms with Crippen LogP contribution in [-0.2, 0) is 6.54 Å². The first-order valence-corrected chi connectivity index (χ1v) is 8.38. The molecule has 6 nitrogen and oxygen atoms in total. The summed E-state index contributed by atoms with van der Waals surface area (Å²) in [5.74, 6) is -1.61. The Morgan fingerprint density at radius 3 is 2.56 bits per heavy atom. The number of halogens is 4. The molecule has 2 unspecified atom stereocenters. The minimum absolute atomic E-state index is 0.0144. The van der Waals surface area contributed by atoms with Gasteiger partial charge in [-0.05, 0) is 6.42 Å². The predicted molar refractivity (Wildman–Crippen MR) is 90.4 cm³/mol. The molecule has 27 heavy (non-hydrogen) atoms. The van der Waals surface area contributed by atoms with Crippen molar-refractivity contribution >= 4 is 17.0 Å². The first-order chi connectivity index (χ1) is 12.9. The van der Waals surface area contributed by atoms with Crippen molar-refractivity contribution < 1.29 is 17.6 Å². The van der Waals surface area contributed by atoms with Gasteiger partial charge >= 0.3 is 0 Å². The van der Waals surface area contributed by atoms with Gasteiger partial charge in [0, 0.05) is 25.2 Å². The standard InChI is InChI=1S/C17H16F4N6/c18-9-3-12(21)16-14(4-9)25-17(26-2-1-11(20)13(22)7-26)27(16)8-15-23-5-10(19)6-24-15/h3-6,11,13H,1-2,7-8,22H2. The Hall–Kier alpha value is -2.75. The maximum absolute atomic E-state index is 14.5. The molecule has 2 N–H and O–H groups in total. The topological polar surface area (TPSA) is 72.9 Å². The predicted octanol–water partition coefficient (Wildman–Crippen LogP) is 2.17. The molecule has 1 saturated heterocycles. The smallest absolute Gasteiger partial charge is 0.207 e. The van der Waals surface area contributed by atoms with Crippen molar-refractivity contribution in [2.24, 2.45) is 5.73 Å². The molecule has 0 saturated carbocycles. The van der Waals surface area contributed by atoms with Crippen LogP contribution in [0.25, 0.3) is 11.0 Å². The van der Waals surface area contributed by atoms with Crippen molar-refractivity contribution in [2.75, 3.05) is 18.0 Å². The number of anilines is 1. The number of benzene rings is 1. The third-order valence-electron chi connectivity index (χ3n) is 4.57. The Balaban J connectivity index is 1.82. The summed E-state index contributed by atoms with van der Waals surface area (Å²) in [7, 11) is 0. The monoisotopic (exact) mass is 380 g/mol. The highest BCUT2D eigenvalue weighted by Gasteiger charge is 2.30. The number of piperidine rings is 1. The second-order valence-corrected chi connectivity index (χ2v) is 6.49. The largest absolute Gasteiger partial charge is 0.340 e. The molecule has 4 rings (SSSR count). The Morgan fingerprint density at radius 2 is 1.85 bits per heavy atom. The highest BCUT2D eigenvalue weighted by atomic mass is 19.1. The van der Waals surface area contributed by atoms with E-state index >= 15 is 0 Å². The second kappa shape index (κ2) is 6.76. The fraction of sp³-hybridized carbons (Fsp3) is 0.353. The molecule has 2 atom stereocenters. The lowest BCUT2D eigenvalue weighted by atomic mass is 10.1. The minimum atomic E-state index is -1.13. The van der Waals surface area contributed by atoms with Gasteiger partial charge < -0.3 is 10.6 Å². The van der Waals surface area contributed by atoms with Crippen LogP contribution in [0.15, 0.2) is 24.5 Å². The van der Waals surface area contributed by atoms with Crippen molar-refractivity contribution in [1.29, 1.82) is 0 Å². The molecule has 1 aromatic carbocycles. The van der Waals surface area contributed by atoms with E-state index in [9.17, 15) is 17.6 Å². The third-order valence-corrected chi connectivity index (χ3v) is 4.57. The van der Waals surface area contributed by atoms with Crippen LogP contribution >= 0.6 is 0 Å². The Morgan fingerprint density at radius 1 is 1.11 bits per heavy atom. The van der Waals surface area contributed by atoms with Crippen LogP contribution in [0.4, 0.5) is 23.5 Å². The number of imidazole rings is 1. The highest BCUT2D eigenvalue weighted by Crippen LogP contribution is 2.28. The van der Waals surface area contributed by atoms with Crippen LogP contribution in [0, 0.1) is 17.5 Å². The normalized spacial score (nSPS) is 20.4. The summed E-state index contributed by atoms with van der Waals surface area (Å²) in [6.45, 7) is 0.491. The van der Waals surface area contributed by atoms with Crippen molar-refractivity contribution in [3.63, 3.8) is 0 Å². The van der Waals surface area contributed by atoms with Crippen LogP contribution in [-0.4, -0.2) is 44.8 Å². The molecule has 2 aromatic heterocycles. The van der Waals surface area contributed by atoms with E-state index in [0.717, 1.165) is 24.5 Å². The molecular weight excluding hydrogens is 364 g/mol. The minimum Gasteiger partial charge on any atom is -0.340 e. The molecule has 0 radical (unpaired) electrons. The van der Waals surface area contributed by atoms with E-state index in [1.54, 1.807) is 4.90 Å². The number of hydrogen-bond donors (Lipinski definition) is 1. The van der Waals surface area contributed by atoms with Gasteiger partial charge in [0.2, 0.25) is 5.95 Å². The first-order valence-electron chi connectivity index (χ1n) is 8.38. The van der Waals surface area contributed by atoms with Gasteiger partial charge in [-0.1, -0.05) is 0 Å². The van der Waals surface area contributed by atoms with E-state index in [1.807, 2.05) is 0 Å². The Labute approximate surface area is 151 Å². The molecule has 10 heteroatoms. The summed E-state index contributed by atoms with van der Waals surface area (Å²) in [6.07, 6.45) is 1.08. The van der Waals surface area contributed by atoms with Crippen molar-refractivity contribution in [3.8, 4) is 0 Å². The Kier molecular flexibility index (Phi) is 4.42. The van der Waals surface area contributed by atoms with Gasteiger partial charge in [0.15, 0.2) is 11.6 Å². The lowest BCUT2D eigenvalue weighted by Crippen LogP contribution is -2.50. The summed E-state index contributed by atoms with van der Waals surface area (Å²) in [6, 6.07) is 1.16. The molecule has 1 fully saturated rings. The molecule has 0 spiro atoms. The number of rotatable bonds is 3. The van der Waals surface area contributed by atoms with Gasteiger partial charge in [0.05, 0.1) is 30.5 Å². The van der Waals surface area contributed by atoms with Gasteiger partial charge in [-0.15, -0.1) is 0 Å². The molecule has 0 amide bonds. The van der Waals surface area contributed by atoms with Crippen LogP contribution in [0.3, 0.4) is 0 Å². The van der Waals surface area contributed by atoms with Gasteiger partial charge in [-0.2, -0.15) is 0 Å². The van der Waals surface area contributed by atoms with E-state index in [2.05, 4.69) is 15.0 Å². The first kappa shape index (κ1) is 17.7. The van der Waals surface area contributed by atoms with Crippen LogP contribution in [0.2, 0.25) is 0 Å². The molecule has 3 heterocycles. The number of nitrogens with zero attached hydrogens (tertiary/aromatic N) is 5. The second-order valence-electron chi connectivity index (χ2n) is 6.49. The summed E-state index contributed by atoms with van der Waals surface area (Å²) >= 11 is 0. The molecule has 142 valence electrons. The van der Waals surface area contributed by atoms with Crippen molar-refractivity contribution in [1.82, 2.24) is 19.5 Å². The quantitative estimate of drug-likeness (QED) is 0.705. The lowest BCUT2D eigenvalue weighted by Gasteiger charge is -2.34. The summed E-state index contributed by atoms with van der Waals surface area (Å²) < 4.78 is 56.4. The average molecular weight is 380 g/mol. The number of nitrogens with two attached hydrogens (primary N) is 1. The highest BCUT2D eigenvalue weighted by molar-refractivity contribution is 5.80. The summed E-state index contributed by atoms with van der Waals surface area (Å²) in [5, 5.41) is 0. The van der Waals surface area contributed by atoms with E-state index in [-0.39, 0.29) is 36.4 Å². The van der Waals surface area contributed by atoms with E-state index in [4.69, 9.17) is 5.73 Å². The molecule has 1 aliphatic heterocycles. The molecule has 0 aliphatic carbocycles. The molecule has 1 aliphatic rings. The maximum Gasteiger partial charge on any atom is 0.207 e. The fourth-order valence-corrected chi connectivity index (χ4v) is 3.26. The summed E-state index contributed by atoms with van der Waals surface area (Å²) in [5.41, 5.74) is 6.00. The third kappa shape index (κ3) is 3.32. The lowest BCUT2D eigenvalue weighted by molar-refractivity contribution is 0.243. The Bertz CT molecular complexity index is 974. The number of fused-ring (bicyclic) bond motifs is 1. The van der Waals surface area contributed by atoms with Crippen LogP contribution < -0.4 is 10.6 Å². The van der Waals surface area contributed by atoms with E-state index in [1.165, 1.54) is 4.57 Å².